The molecule has 0 heterocycles. The Morgan fingerprint density at radius 3 is 2.63 bits per heavy atom. The van der Waals surface area contributed by atoms with E-state index in [4.69, 9.17) is 0 Å². The summed E-state index contributed by atoms with van der Waals surface area (Å²) in [5.41, 5.74) is 5.18. The molecule has 2 rings (SSSR count). The second-order valence-corrected chi connectivity index (χ2v) is 8.06. The van der Waals surface area contributed by atoms with Crippen LogP contribution in [0.5, 0.6) is 0 Å². The molecule has 0 amide bonds. The largest absolute Gasteiger partial charge is 0.392 e. The van der Waals surface area contributed by atoms with Crippen molar-refractivity contribution >= 4 is 6.08 Å². The molecule has 1 aliphatic carbocycles. The fourth-order valence-corrected chi connectivity index (χ4v) is 4.20. The van der Waals surface area contributed by atoms with Crippen LogP contribution in [0.3, 0.4) is 0 Å². The van der Waals surface area contributed by atoms with Crippen molar-refractivity contribution in [2.24, 2.45) is 5.92 Å². The number of allylic oxidation sites excluding steroid dienone is 1. The molecule has 1 fully saturated rings. The van der Waals surface area contributed by atoms with Gasteiger partial charge in [0.05, 0.1) is 0 Å². The molecule has 0 spiro atoms. The molecule has 1 aromatic rings. The lowest BCUT2D eigenvalue weighted by atomic mass is 9.84. The first-order valence-corrected chi connectivity index (χ1v) is 10.5. The minimum atomic E-state index is 0.342. The second kappa shape index (κ2) is 11.1. The van der Waals surface area contributed by atoms with E-state index in [-0.39, 0.29) is 0 Å². The van der Waals surface area contributed by atoms with Crippen LogP contribution in [0.25, 0.3) is 6.08 Å². The lowest BCUT2D eigenvalue weighted by Gasteiger charge is -2.27. The fraction of sp³-hybridized carbons (Fsp3) is 0.520. The van der Waals surface area contributed by atoms with Gasteiger partial charge in [0.15, 0.2) is 0 Å². The van der Waals surface area contributed by atoms with Gasteiger partial charge in [-0.1, -0.05) is 75.6 Å². The zero-order valence-corrected chi connectivity index (χ0v) is 17.5. The minimum absolute atomic E-state index is 0.342. The van der Waals surface area contributed by atoms with E-state index >= 15 is 0 Å². The molecule has 0 aromatic heterocycles. The number of nitrogens with one attached hydrogen (secondary N) is 1. The predicted octanol–water partition coefficient (Wildman–Crippen LogP) is 5.95. The third-order valence-electron chi connectivity index (χ3n) is 6.03. The van der Waals surface area contributed by atoms with Crippen LogP contribution in [0.15, 0.2) is 49.7 Å². The highest BCUT2D eigenvalue weighted by molar-refractivity contribution is 5.53. The lowest BCUT2D eigenvalue weighted by molar-refractivity contribution is 0.261. The molecular formula is C25H38N2. The Kier molecular flexibility index (Phi) is 8.87. The highest BCUT2D eigenvalue weighted by Crippen LogP contribution is 2.28. The normalized spacial score (nSPS) is 16.1. The molecule has 1 aliphatic rings. The Labute approximate surface area is 167 Å². The van der Waals surface area contributed by atoms with Crippen LogP contribution in [0.4, 0.5) is 0 Å². The first kappa shape index (κ1) is 21.5. The van der Waals surface area contributed by atoms with Crippen LogP contribution in [0, 0.1) is 5.92 Å². The van der Waals surface area contributed by atoms with Gasteiger partial charge in [-0.05, 0) is 48.9 Å². The number of nitrogens with zero attached hydrogens (tertiary/aromatic N) is 1. The summed E-state index contributed by atoms with van der Waals surface area (Å²) in [4.78, 5) is 2.39. The van der Waals surface area contributed by atoms with Gasteiger partial charge in [-0.3, -0.25) is 4.90 Å². The highest BCUT2D eigenvalue weighted by atomic mass is 15.1. The first-order valence-electron chi connectivity index (χ1n) is 10.5. The molecule has 2 nitrogen and oxygen atoms in total. The van der Waals surface area contributed by atoms with Crippen molar-refractivity contribution in [2.75, 3.05) is 14.1 Å². The maximum absolute atomic E-state index is 4.05. The summed E-state index contributed by atoms with van der Waals surface area (Å²) >= 11 is 0. The van der Waals surface area contributed by atoms with Crippen molar-refractivity contribution in [1.29, 1.82) is 0 Å². The smallest absolute Gasteiger partial charge is 0.0279 e. The Balaban J connectivity index is 2.05. The van der Waals surface area contributed by atoms with E-state index in [0.717, 1.165) is 31.0 Å². The summed E-state index contributed by atoms with van der Waals surface area (Å²) in [5.74, 6) is 0.868. The van der Waals surface area contributed by atoms with Gasteiger partial charge in [-0.15, -0.1) is 6.58 Å². The molecule has 1 saturated carbocycles. The van der Waals surface area contributed by atoms with E-state index < -0.39 is 0 Å². The van der Waals surface area contributed by atoms with E-state index in [1.165, 1.54) is 55.2 Å². The number of hydrogen-bond donors (Lipinski definition) is 1. The van der Waals surface area contributed by atoms with Crippen molar-refractivity contribution in [3.63, 3.8) is 0 Å². The summed E-state index contributed by atoms with van der Waals surface area (Å²) in [6, 6.07) is 7.31. The highest BCUT2D eigenvalue weighted by Gasteiger charge is 2.16. The van der Waals surface area contributed by atoms with Crippen LogP contribution in [0.2, 0.25) is 0 Å². The summed E-state index contributed by atoms with van der Waals surface area (Å²) in [6.07, 6.45) is 14.3. The molecule has 0 bridgehead atoms. The third-order valence-corrected chi connectivity index (χ3v) is 6.03. The molecule has 1 atom stereocenters. The average molecular weight is 367 g/mol. The van der Waals surface area contributed by atoms with Crippen molar-refractivity contribution in [1.82, 2.24) is 10.2 Å². The van der Waals surface area contributed by atoms with Gasteiger partial charge in [0.1, 0.15) is 0 Å². The van der Waals surface area contributed by atoms with Crippen LogP contribution < -0.4 is 5.32 Å². The Bertz CT molecular complexity index is 625. The molecule has 148 valence electrons. The van der Waals surface area contributed by atoms with E-state index in [2.05, 4.69) is 61.3 Å². The lowest BCUT2D eigenvalue weighted by Crippen LogP contribution is -2.30. The standard InChI is InChI=1S/C25H38N2/c1-6-23-15-14-22(17-21-11-9-8-10-12-21)18-24(23)19-27(5)25(7-2)16-13-20(3)26-4/h6-7,14-15,18,21,25-26H,1-3,8-13,16-17,19H2,4-5H3. The molecule has 1 aromatic carbocycles. The summed E-state index contributed by atoms with van der Waals surface area (Å²) in [7, 11) is 4.12. The molecule has 2 heteroatoms. The van der Waals surface area contributed by atoms with Crippen LogP contribution in [0.1, 0.15) is 61.6 Å². The Morgan fingerprint density at radius 1 is 1.26 bits per heavy atom. The number of likely N-dealkylation sites (N-methyl/N-ethyl adjacent to an activating group) is 1. The summed E-state index contributed by atoms with van der Waals surface area (Å²) in [6.45, 7) is 13.0. The fourth-order valence-electron chi connectivity index (χ4n) is 4.20. The SMILES string of the molecule is C=Cc1ccc(CC2CCCCC2)cc1CN(C)C(C=C)CCC(=C)NC. The zero-order valence-electron chi connectivity index (χ0n) is 17.5. The van der Waals surface area contributed by atoms with E-state index in [1.54, 1.807) is 0 Å². The molecule has 1 unspecified atom stereocenters. The van der Waals surface area contributed by atoms with Crippen molar-refractivity contribution in [3.05, 3.63) is 66.4 Å². The maximum Gasteiger partial charge on any atom is 0.0279 e. The van der Waals surface area contributed by atoms with Gasteiger partial charge in [0, 0.05) is 25.3 Å². The van der Waals surface area contributed by atoms with E-state index in [0.29, 0.717) is 6.04 Å². The van der Waals surface area contributed by atoms with Gasteiger partial charge in [-0.2, -0.15) is 0 Å². The minimum Gasteiger partial charge on any atom is -0.392 e. The monoisotopic (exact) mass is 366 g/mol. The van der Waals surface area contributed by atoms with Crippen molar-refractivity contribution in [3.8, 4) is 0 Å². The van der Waals surface area contributed by atoms with Gasteiger partial charge in [-0.25, -0.2) is 0 Å². The summed E-state index contributed by atoms with van der Waals surface area (Å²) in [5, 5.41) is 3.14. The topological polar surface area (TPSA) is 15.3 Å². The third kappa shape index (κ3) is 6.70. The van der Waals surface area contributed by atoms with Crippen LogP contribution in [-0.2, 0) is 13.0 Å². The van der Waals surface area contributed by atoms with Crippen molar-refractivity contribution in [2.45, 2.75) is 64.0 Å². The number of benzene rings is 1. The Morgan fingerprint density at radius 2 is 2.00 bits per heavy atom. The number of hydrogen-bond acceptors (Lipinski definition) is 2. The quantitative estimate of drug-likeness (QED) is 0.487. The molecular weight excluding hydrogens is 328 g/mol. The summed E-state index contributed by atoms with van der Waals surface area (Å²) < 4.78 is 0. The van der Waals surface area contributed by atoms with Crippen LogP contribution in [-0.4, -0.2) is 25.0 Å². The molecule has 0 radical (unpaired) electrons. The molecule has 0 saturated heterocycles. The van der Waals surface area contributed by atoms with Gasteiger partial charge < -0.3 is 5.32 Å². The second-order valence-electron chi connectivity index (χ2n) is 8.06. The molecule has 27 heavy (non-hydrogen) atoms. The number of rotatable bonds is 11. The molecule has 0 aliphatic heterocycles. The van der Waals surface area contributed by atoms with Gasteiger partial charge >= 0.3 is 0 Å². The van der Waals surface area contributed by atoms with Gasteiger partial charge in [0.25, 0.3) is 0 Å². The zero-order chi connectivity index (χ0) is 19.6. The maximum atomic E-state index is 4.05. The average Bonchev–Trinajstić information content (AvgIpc) is 2.69. The van der Waals surface area contributed by atoms with Crippen molar-refractivity contribution < 1.29 is 0 Å². The van der Waals surface area contributed by atoms with E-state index in [9.17, 15) is 0 Å². The van der Waals surface area contributed by atoms with E-state index in [1.807, 2.05) is 13.1 Å². The first-order chi connectivity index (χ1) is 13.1. The molecule has 1 N–H and O–H groups in total. The predicted molar refractivity (Wildman–Crippen MR) is 120 cm³/mol. The van der Waals surface area contributed by atoms with Crippen LogP contribution >= 0.6 is 0 Å². The van der Waals surface area contributed by atoms with Gasteiger partial charge in [0.2, 0.25) is 0 Å². The Hall–Kier alpha value is -1.80.